The normalized spacial score (nSPS) is 21.4. The molecule has 19 heavy (non-hydrogen) atoms. The van der Waals surface area contributed by atoms with Gasteiger partial charge in [-0.2, -0.15) is 0 Å². The Kier molecular flexibility index (Phi) is 4.43. The Hall–Kier alpha value is -1.55. The van der Waals surface area contributed by atoms with Crippen LogP contribution in [0.2, 0.25) is 0 Å². The SMILES string of the molecule is CCNC1(CC(=O)OCC)CCOc2ccccc21. The van der Waals surface area contributed by atoms with Gasteiger partial charge in [0.1, 0.15) is 5.75 Å². The van der Waals surface area contributed by atoms with Crippen molar-refractivity contribution in [3.63, 3.8) is 0 Å². The Morgan fingerprint density at radius 1 is 1.42 bits per heavy atom. The first kappa shape index (κ1) is 13.9. The molecule has 1 aromatic rings. The Morgan fingerprint density at radius 2 is 2.21 bits per heavy atom. The first-order chi connectivity index (χ1) is 9.22. The number of carbonyl (C=O) groups is 1. The van der Waals surface area contributed by atoms with E-state index < -0.39 is 0 Å². The van der Waals surface area contributed by atoms with Crippen LogP contribution in [0.4, 0.5) is 0 Å². The van der Waals surface area contributed by atoms with Crippen LogP contribution in [0.25, 0.3) is 0 Å². The summed E-state index contributed by atoms with van der Waals surface area (Å²) in [7, 11) is 0. The van der Waals surface area contributed by atoms with Gasteiger partial charge < -0.3 is 14.8 Å². The van der Waals surface area contributed by atoms with Crippen LogP contribution >= 0.6 is 0 Å². The van der Waals surface area contributed by atoms with Crippen LogP contribution in [0.1, 0.15) is 32.3 Å². The lowest BCUT2D eigenvalue weighted by Crippen LogP contribution is -2.47. The molecule has 0 fully saturated rings. The van der Waals surface area contributed by atoms with E-state index in [1.807, 2.05) is 38.1 Å². The van der Waals surface area contributed by atoms with E-state index in [9.17, 15) is 4.79 Å². The third kappa shape index (κ3) is 2.89. The second-order valence-corrected chi connectivity index (χ2v) is 4.69. The summed E-state index contributed by atoms with van der Waals surface area (Å²) in [6.07, 6.45) is 1.12. The summed E-state index contributed by atoms with van der Waals surface area (Å²) in [5.41, 5.74) is 0.687. The van der Waals surface area contributed by atoms with Gasteiger partial charge >= 0.3 is 5.97 Å². The molecule has 104 valence electrons. The minimum Gasteiger partial charge on any atom is -0.493 e. The molecule has 1 unspecified atom stereocenters. The molecule has 1 atom stereocenters. The highest BCUT2D eigenvalue weighted by atomic mass is 16.5. The summed E-state index contributed by atoms with van der Waals surface area (Å²) in [4.78, 5) is 11.9. The number of para-hydroxylation sites is 1. The predicted molar refractivity (Wildman–Crippen MR) is 73.2 cm³/mol. The Balaban J connectivity index is 2.32. The highest BCUT2D eigenvalue weighted by Gasteiger charge is 2.39. The van der Waals surface area contributed by atoms with E-state index in [1.165, 1.54) is 0 Å². The monoisotopic (exact) mass is 263 g/mol. The number of esters is 1. The number of hydrogen-bond donors (Lipinski definition) is 1. The number of nitrogens with one attached hydrogen (secondary N) is 1. The Morgan fingerprint density at radius 3 is 2.95 bits per heavy atom. The zero-order valence-electron chi connectivity index (χ0n) is 11.6. The van der Waals surface area contributed by atoms with Gasteiger partial charge in [-0.15, -0.1) is 0 Å². The second-order valence-electron chi connectivity index (χ2n) is 4.69. The molecule has 0 saturated carbocycles. The Labute approximate surface area is 114 Å². The van der Waals surface area contributed by atoms with Gasteiger partial charge in [-0.3, -0.25) is 4.79 Å². The van der Waals surface area contributed by atoms with Gasteiger partial charge in [0, 0.05) is 12.0 Å². The molecule has 1 N–H and O–H groups in total. The van der Waals surface area contributed by atoms with Crippen LogP contribution in [0.3, 0.4) is 0 Å². The van der Waals surface area contributed by atoms with E-state index >= 15 is 0 Å². The van der Waals surface area contributed by atoms with Gasteiger partial charge in [0.15, 0.2) is 0 Å². The molecule has 0 radical (unpaired) electrons. The molecule has 1 aliphatic rings. The fourth-order valence-electron chi connectivity index (χ4n) is 2.68. The summed E-state index contributed by atoms with van der Waals surface area (Å²) < 4.78 is 10.8. The van der Waals surface area contributed by atoms with Crippen molar-refractivity contribution in [1.29, 1.82) is 0 Å². The largest absolute Gasteiger partial charge is 0.493 e. The fourth-order valence-corrected chi connectivity index (χ4v) is 2.68. The summed E-state index contributed by atoms with van der Waals surface area (Å²) in [6, 6.07) is 7.90. The molecule has 1 aliphatic heterocycles. The number of fused-ring (bicyclic) bond motifs is 1. The van der Waals surface area contributed by atoms with Crippen molar-refractivity contribution in [3.8, 4) is 5.75 Å². The number of carbonyl (C=O) groups excluding carboxylic acids is 1. The van der Waals surface area contributed by atoms with Crippen LogP contribution in [-0.2, 0) is 15.1 Å². The third-order valence-corrected chi connectivity index (χ3v) is 3.46. The van der Waals surface area contributed by atoms with Gasteiger partial charge in [-0.1, -0.05) is 25.1 Å². The molecule has 1 aromatic carbocycles. The van der Waals surface area contributed by atoms with Gasteiger partial charge in [0.05, 0.1) is 25.2 Å². The van der Waals surface area contributed by atoms with Gasteiger partial charge in [-0.25, -0.2) is 0 Å². The number of hydrogen-bond acceptors (Lipinski definition) is 4. The maximum absolute atomic E-state index is 11.9. The lowest BCUT2D eigenvalue weighted by atomic mass is 9.81. The van der Waals surface area contributed by atoms with E-state index in [0.29, 0.717) is 19.6 Å². The van der Waals surface area contributed by atoms with Gasteiger partial charge in [0.25, 0.3) is 0 Å². The molecule has 0 aromatic heterocycles. The predicted octanol–water partition coefficient (Wildman–Crippen LogP) is 2.23. The van der Waals surface area contributed by atoms with Crippen molar-refractivity contribution in [3.05, 3.63) is 29.8 Å². The highest BCUT2D eigenvalue weighted by molar-refractivity contribution is 5.72. The summed E-state index contributed by atoms with van der Waals surface area (Å²) in [5.74, 6) is 0.694. The number of ether oxygens (including phenoxy) is 2. The molecule has 0 saturated heterocycles. The van der Waals surface area contributed by atoms with Crippen molar-refractivity contribution < 1.29 is 14.3 Å². The zero-order chi connectivity index (χ0) is 13.7. The van der Waals surface area contributed by atoms with Crippen LogP contribution in [0.15, 0.2) is 24.3 Å². The van der Waals surface area contributed by atoms with Crippen LogP contribution in [0.5, 0.6) is 5.75 Å². The maximum Gasteiger partial charge on any atom is 0.308 e. The van der Waals surface area contributed by atoms with E-state index in [4.69, 9.17) is 9.47 Å². The van der Waals surface area contributed by atoms with Gasteiger partial charge in [0.2, 0.25) is 0 Å². The fraction of sp³-hybridized carbons (Fsp3) is 0.533. The minimum absolute atomic E-state index is 0.167. The van der Waals surface area contributed by atoms with Crippen LogP contribution in [0, 0.1) is 0 Å². The molecule has 0 spiro atoms. The summed E-state index contributed by atoms with van der Waals surface area (Å²) in [5, 5.41) is 3.46. The smallest absolute Gasteiger partial charge is 0.308 e. The van der Waals surface area contributed by atoms with E-state index in [0.717, 1.165) is 24.3 Å². The van der Waals surface area contributed by atoms with Crippen molar-refractivity contribution in [1.82, 2.24) is 5.32 Å². The van der Waals surface area contributed by atoms with E-state index in [2.05, 4.69) is 5.32 Å². The topological polar surface area (TPSA) is 47.6 Å². The lowest BCUT2D eigenvalue weighted by Gasteiger charge is -2.39. The van der Waals surface area contributed by atoms with Crippen molar-refractivity contribution >= 4 is 5.97 Å². The number of benzene rings is 1. The quantitative estimate of drug-likeness (QED) is 0.828. The first-order valence-corrected chi connectivity index (χ1v) is 6.85. The van der Waals surface area contributed by atoms with Crippen LogP contribution in [-0.4, -0.2) is 25.7 Å². The second kappa shape index (κ2) is 6.06. The van der Waals surface area contributed by atoms with E-state index in [-0.39, 0.29) is 11.5 Å². The molecule has 0 aliphatic carbocycles. The molecule has 1 heterocycles. The molecular formula is C15H21NO3. The molecular weight excluding hydrogens is 242 g/mol. The molecule has 0 amide bonds. The first-order valence-electron chi connectivity index (χ1n) is 6.85. The molecule has 4 nitrogen and oxygen atoms in total. The van der Waals surface area contributed by atoms with Crippen molar-refractivity contribution in [2.24, 2.45) is 0 Å². The van der Waals surface area contributed by atoms with Crippen molar-refractivity contribution in [2.45, 2.75) is 32.2 Å². The molecule has 0 bridgehead atoms. The number of rotatable bonds is 5. The third-order valence-electron chi connectivity index (χ3n) is 3.46. The average Bonchev–Trinajstić information content (AvgIpc) is 2.40. The summed E-state index contributed by atoms with van der Waals surface area (Å²) >= 11 is 0. The lowest BCUT2D eigenvalue weighted by molar-refractivity contribution is -0.145. The van der Waals surface area contributed by atoms with E-state index in [1.54, 1.807) is 0 Å². The average molecular weight is 263 g/mol. The van der Waals surface area contributed by atoms with Gasteiger partial charge in [-0.05, 0) is 19.5 Å². The van der Waals surface area contributed by atoms with Crippen LogP contribution < -0.4 is 10.1 Å². The Bertz CT molecular complexity index is 447. The standard InChI is InChI=1S/C15H21NO3/c1-3-16-15(11-14(17)18-4-2)9-10-19-13-8-6-5-7-12(13)15/h5-8,16H,3-4,9-11H2,1-2H3. The zero-order valence-corrected chi connectivity index (χ0v) is 11.6. The maximum atomic E-state index is 11.9. The van der Waals surface area contributed by atoms with Crippen molar-refractivity contribution in [2.75, 3.05) is 19.8 Å². The minimum atomic E-state index is -0.365. The summed E-state index contributed by atoms with van der Waals surface area (Å²) in [6.45, 7) is 5.71. The molecule has 4 heteroatoms. The highest BCUT2D eigenvalue weighted by Crippen LogP contribution is 2.39. The molecule has 2 rings (SSSR count).